The number of nitrogens with one attached hydrogen (secondary N) is 2. The van der Waals surface area contributed by atoms with E-state index in [9.17, 15) is 18.9 Å². The van der Waals surface area contributed by atoms with E-state index in [1.54, 1.807) is 12.1 Å². The van der Waals surface area contributed by atoms with Gasteiger partial charge in [-0.2, -0.15) is 13.8 Å². The number of ether oxygens (including phenoxy) is 1. The van der Waals surface area contributed by atoms with Gasteiger partial charge in [-0.15, -0.1) is 0 Å². The molecule has 1 aliphatic rings. The van der Waals surface area contributed by atoms with Crippen LogP contribution in [0.25, 0.3) is 0 Å². The molecule has 138 valence electrons. The molecule has 10 heteroatoms. The number of aromatic nitrogens is 2. The maximum atomic E-state index is 12.2. The summed E-state index contributed by atoms with van der Waals surface area (Å²) in [7, 11) is 0. The molecule has 0 spiro atoms. The van der Waals surface area contributed by atoms with E-state index in [1.165, 1.54) is 12.1 Å². The molecule has 0 bridgehead atoms. The van der Waals surface area contributed by atoms with Crippen LogP contribution >= 0.6 is 0 Å². The SMILES string of the molecule is CC(Nc1ncc([N+](=O)[O-])c(NC2CC2)n1)c1ccc(OC(F)F)cc1. The first kappa shape index (κ1) is 17.8. The zero-order valence-corrected chi connectivity index (χ0v) is 13.9. The van der Waals surface area contributed by atoms with Gasteiger partial charge in [-0.05, 0) is 37.5 Å². The van der Waals surface area contributed by atoms with Crippen molar-refractivity contribution in [1.29, 1.82) is 0 Å². The van der Waals surface area contributed by atoms with Gasteiger partial charge in [0, 0.05) is 6.04 Å². The fourth-order valence-electron chi connectivity index (χ4n) is 2.32. The van der Waals surface area contributed by atoms with E-state index in [0.717, 1.165) is 24.6 Å². The lowest BCUT2D eigenvalue weighted by atomic mass is 10.1. The summed E-state index contributed by atoms with van der Waals surface area (Å²) in [5, 5.41) is 17.2. The van der Waals surface area contributed by atoms with Crippen molar-refractivity contribution in [3.05, 3.63) is 46.1 Å². The van der Waals surface area contributed by atoms with E-state index >= 15 is 0 Å². The maximum absolute atomic E-state index is 12.2. The van der Waals surface area contributed by atoms with E-state index < -0.39 is 11.5 Å². The third kappa shape index (κ3) is 4.52. The summed E-state index contributed by atoms with van der Waals surface area (Å²) in [4.78, 5) is 18.7. The molecule has 1 saturated carbocycles. The summed E-state index contributed by atoms with van der Waals surface area (Å²) in [5.41, 5.74) is 0.619. The van der Waals surface area contributed by atoms with E-state index in [1.807, 2.05) is 6.92 Å². The van der Waals surface area contributed by atoms with Crippen molar-refractivity contribution < 1.29 is 18.4 Å². The van der Waals surface area contributed by atoms with E-state index in [-0.39, 0.29) is 35.3 Å². The fourth-order valence-corrected chi connectivity index (χ4v) is 2.32. The Hall–Kier alpha value is -3.04. The summed E-state index contributed by atoms with van der Waals surface area (Å²) in [6.07, 6.45) is 3.06. The molecule has 1 heterocycles. The standard InChI is InChI=1S/C16H17F2N5O3/c1-9(10-2-6-12(7-3-10)26-15(17)18)20-16-19-8-13(23(24)25)14(22-16)21-11-4-5-11/h2-3,6-9,11,15H,4-5H2,1H3,(H2,19,20,21,22). The molecule has 1 aliphatic carbocycles. The highest BCUT2D eigenvalue weighted by Gasteiger charge is 2.26. The average molecular weight is 365 g/mol. The number of hydrogen-bond donors (Lipinski definition) is 2. The van der Waals surface area contributed by atoms with Crippen LogP contribution in [0, 0.1) is 10.1 Å². The number of anilines is 2. The Morgan fingerprint density at radius 2 is 2.00 bits per heavy atom. The van der Waals surface area contributed by atoms with Gasteiger partial charge in [0.25, 0.3) is 0 Å². The number of nitro groups is 1. The fraction of sp³-hybridized carbons (Fsp3) is 0.375. The number of halogens is 2. The van der Waals surface area contributed by atoms with Crippen molar-refractivity contribution in [3.63, 3.8) is 0 Å². The Bertz CT molecular complexity index is 784. The lowest BCUT2D eigenvalue weighted by molar-refractivity contribution is -0.384. The van der Waals surface area contributed by atoms with Crippen molar-refractivity contribution in [1.82, 2.24) is 9.97 Å². The van der Waals surface area contributed by atoms with Crippen molar-refractivity contribution in [3.8, 4) is 5.75 Å². The van der Waals surface area contributed by atoms with E-state index in [2.05, 4.69) is 25.3 Å². The minimum Gasteiger partial charge on any atom is -0.435 e. The highest BCUT2D eigenvalue weighted by molar-refractivity contribution is 5.58. The molecule has 1 aromatic carbocycles. The molecule has 8 nitrogen and oxygen atoms in total. The second kappa shape index (κ2) is 7.46. The first-order valence-electron chi connectivity index (χ1n) is 8.01. The van der Waals surface area contributed by atoms with Crippen molar-refractivity contribution in [2.45, 2.75) is 38.5 Å². The molecule has 1 unspecified atom stereocenters. The predicted molar refractivity (Wildman–Crippen MR) is 90.4 cm³/mol. The van der Waals surface area contributed by atoms with Crippen LogP contribution < -0.4 is 15.4 Å². The van der Waals surface area contributed by atoms with Crippen LogP contribution in [0.2, 0.25) is 0 Å². The van der Waals surface area contributed by atoms with Crippen molar-refractivity contribution in [2.24, 2.45) is 0 Å². The molecule has 0 aliphatic heterocycles. The number of alkyl halides is 2. The molecule has 0 saturated heterocycles. The van der Waals surface area contributed by atoms with Crippen LogP contribution in [0.15, 0.2) is 30.5 Å². The summed E-state index contributed by atoms with van der Waals surface area (Å²) >= 11 is 0. The Balaban J connectivity index is 1.71. The number of rotatable bonds is 8. The van der Waals surface area contributed by atoms with Crippen LogP contribution in [0.5, 0.6) is 5.75 Å². The lowest BCUT2D eigenvalue weighted by Crippen LogP contribution is -2.13. The average Bonchev–Trinajstić information content (AvgIpc) is 3.39. The van der Waals surface area contributed by atoms with Gasteiger partial charge in [0.1, 0.15) is 11.9 Å². The van der Waals surface area contributed by atoms with Crippen LogP contribution in [0.3, 0.4) is 0 Å². The van der Waals surface area contributed by atoms with Gasteiger partial charge in [0.05, 0.1) is 11.0 Å². The zero-order chi connectivity index (χ0) is 18.7. The van der Waals surface area contributed by atoms with E-state index in [4.69, 9.17) is 0 Å². The van der Waals surface area contributed by atoms with Gasteiger partial charge >= 0.3 is 12.3 Å². The number of benzene rings is 1. The first-order chi connectivity index (χ1) is 12.4. The minimum atomic E-state index is -2.87. The maximum Gasteiger partial charge on any atom is 0.387 e. The Morgan fingerprint density at radius 1 is 1.31 bits per heavy atom. The molecular formula is C16H17F2N5O3. The third-order valence-electron chi connectivity index (χ3n) is 3.84. The molecule has 1 atom stereocenters. The highest BCUT2D eigenvalue weighted by Crippen LogP contribution is 2.30. The normalized spacial score (nSPS) is 14.8. The Morgan fingerprint density at radius 3 is 2.58 bits per heavy atom. The number of nitrogens with zero attached hydrogens (tertiary/aromatic N) is 3. The Kier molecular flexibility index (Phi) is 5.10. The molecule has 1 fully saturated rings. The van der Waals surface area contributed by atoms with Crippen LogP contribution in [-0.4, -0.2) is 27.5 Å². The second-order valence-electron chi connectivity index (χ2n) is 5.92. The molecule has 0 radical (unpaired) electrons. The highest BCUT2D eigenvalue weighted by atomic mass is 19.3. The molecule has 2 N–H and O–H groups in total. The zero-order valence-electron chi connectivity index (χ0n) is 13.9. The molecule has 1 aromatic heterocycles. The van der Waals surface area contributed by atoms with Crippen molar-refractivity contribution >= 4 is 17.5 Å². The molecular weight excluding hydrogens is 348 g/mol. The lowest BCUT2D eigenvalue weighted by Gasteiger charge is -2.15. The first-order valence-corrected chi connectivity index (χ1v) is 8.01. The van der Waals surface area contributed by atoms with E-state index in [0.29, 0.717) is 0 Å². The minimum absolute atomic E-state index is 0.0680. The van der Waals surface area contributed by atoms with Gasteiger partial charge in [-0.3, -0.25) is 10.1 Å². The van der Waals surface area contributed by atoms with Gasteiger partial charge in [0.2, 0.25) is 11.8 Å². The summed E-state index contributed by atoms with van der Waals surface area (Å²) < 4.78 is 28.7. The third-order valence-corrected chi connectivity index (χ3v) is 3.84. The molecule has 0 amide bonds. The summed E-state index contributed by atoms with van der Waals surface area (Å²) in [6.45, 7) is -1.04. The molecule has 26 heavy (non-hydrogen) atoms. The number of hydrogen-bond acceptors (Lipinski definition) is 7. The van der Waals surface area contributed by atoms with Gasteiger partial charge in [0.15, 0.2) is 0 Å². The quantitative estimate of drug-likeness (QED) is 0.543. The van der Waals surface area contributed by atoms with Crippen LogP contribution in [-0.2, 0) is 0 Å². The van der Waals surface area contributed by atoms with Crippen molar-refractivity contribution in [2.75, 3.05) is 10.6 Å². The smallest absolute Gasteiger partial charge is 0.387 e. The molecule has 3 rings (SSSR count). The molecule has 2 aromatic rings. The second-order valence-corrected chi connectivity index (χ2v) is 5.92. The van der Waals surface area contributed by atoms with Gasteiger partial charge in [-0.25, -0.2) is 4.98 Å². The Labute approximate surface area is 147 Å². The summed E-state index contributed by atoms with van der Waals surface area (Å²) in [5.74, 6) is 0.487. The monoisotopic (exact) mass is 365 g/mol. The van der Waals surface area contributed by atoms with Crippen LogP contribution in [0.4, 0.5) is 26.2 Å². The van der Waals surface area contributed by atoms with Gasteiger partial charge in [-0.1, -0.05) is 12.1 Å². The van der Waals surface area contributed by atoms with Crippen LogP contribution in [0.1, 0.15) is 31.4 Å². The summed E-state index contributed by atoms with van der Waals surface area (Å²) in [6, 6.07) is 6.13. The predicted octanol–water partition coefficient (Wildman–Crippen LogP) is 3.73. The topological polar surface area (TPSA) is 102 Å². The largest absolute Gasteiger partial charge is 0.435 e. The van der Waals surface area contributed by atoms with Gasteiger partial charge < -0.3 is 15.4 Å².